The average Bonchev–Trinajstić information content (AvgIpc) is 3.35. The van der Waals surface area contributed by atoms with Crippen molar-refractivity contribution in [2.45, 2.75) is 44.9 Å². The third kappa shape index (κ3) is 4.45. The van der Waals surface area contributed by atoms with Gasteiger partial charge in [0.1, 0.15) is 5.75 Å². The predicted octanol–water partition coefficient (Wildman–Crippen LogP) is 4.03. The van der Waals surface area contributed by atoms with E-state index in [1.807, 2.05) is 12.3 Å². The highest BCUT2D eigenvalue weighted by Gasteiger charge is 2.36. The van der Waals surface area contributed by atoms with Gasteiger partial charge in [-0.05, 0) is 50.3 Å². The van der Waals surface area contributed by atoms with E-state index in [1.165, 1.54) is 12.5 Å². The summed E-state index contributed by atoms with van der Waals surface area (Å²) in [5, 5.41) is 11.9. The fourth-order valence-electron chi connectivity index (χ4n) is 3.16. The van der Waals surface area contributed by atoms with Gasteiger partial charge in [0.2, 0.25) is 10.1 Å². The van der Waals surface area contributed by atoms with Crippen LogP contribution < -0.4 is 10.1 Å². The first-order chi connectivity index (χ1) is 14.3. The predicted molar refractivity (Wildman–Crippen MR) is 104 cm³/mol. The smallest absolute Gasteiger partial charge is 0.445 e. The molecule has 3 aromatic rings. The number of aromatic nitrogens is 4. The zero-order valence-corrected chi connectivity index (χ0v) is 16.8. The van der Waals surface area contributed by atoms with Crippen LogP contribution in [0.4, 0.5) is 18.3 Å². The molecular weight excluding hydrogens is 419 g/mol. The van der Waals surface area contributed by atoms with E-state index >= 15 is 0 Å². The molecule has 0 saturated carbocycles. The molecule has 1 aliphatic rings. The van der Waals surface area contributed by atoms with Crippen LogP contribution in [0.1, 0.15) is 36.0 Å². The van der Waals surface area contributed by atoms with Crippen molar-refractivity contribution in [3.8, 4) is 11.4 Å². The number of hydrogen-bond acceptors (Lipinski definition) is 6. The number of aryl methyl sites for hydroxylation is 2. The quantitative estimate of drug-likeness (QED) is 0.652. The Labute approximate surface area is 173 Å². The molecule has 158 valence electrons. The number of anilines is 1. The number of ether oxygens (including phenoxy) is 1. The number of nitrogens with one attached hydrogen (secondary N) is 1. The number of fused-ring (bicyclic) bond motifs is 1. The molecule has 2 aromatic heterocycles. The molecule has 30 heavy (non-hydrogen) atoms. The minimum Gasteiger partial charge on any atom is -0.481 e. The Morgan fingerprint density at radius 2 is 2.07 bits per heavy atom. The second-order valence-electron chi connectivity index (χ2n) is 6.91. The SMILES string of the molecule is C[C@@H](Oc1cccc(-n2cc3c(n2)CCCC3)c1)C(=O)Nc1nnc(C(F)(F)F)s1. The molecule has 0 fully saturated rings. The molecule has 0 aliphatic heterocycles. The summed E-state index contributed by atoms with van der Waals surface area (Å²) in [7, 11) is 0. The van der Waals surface area contributed by atoms with Crippen LogP contribution in [0, 0.1) is 0 Å². The average molecular weight is 437 g/mol. The van der Waals surface area contributed by atoms with E-state index in [-0.39, 0.29) is 16.5 Å². The number of hydrogen-bond donors (Lipinski definition) is 1. The largest absolute Gasteiger partial charge is 0.481 e. The van der Waals surface area contributed by atoms with E-state index in [0.717, 1.165) is 37.1 Å². The fraction of sp³-hybridized carbons (Fsp3) is 0.368. The molecular formula is C19H18F3N5O2S. The molecule has 1 N–H and O–H groups in total. The molecule has 1 aliphatic carbocycles. The van der Waals surface area contributed by atoms with Gasteiger partial charge in [-0.2, -0.15) is 18.3 Å². The molecule has 0 unspecified atom stereocenters. The molecule has 1 aromatic carbocycles. The van der Waals surface area contributed by atoms with Crippen molar-refractivity contribution in [3.05, 3.63) is 46.7 Å². The maximum atomic E-state index is 12.6. The number of nitrogens with zero attached hydrogens (tertiary/aromatic N) is 4. The molecule has 1 amide bonds. The molecule has 2 heterocycles. The number of alkyl halides is 3. The molecule has 7 nitrogen and oxygen atoms in total. The highest BCUT2D eigenvalue weighted by Crippen LogP contribution is 2.33. The summed E-state index contributed by atoms with van der Waals surface area (Å²) >= 11 is 0.258. The van der Waals surface area contributed by atoms with E-state index in [2.05, 4.69) is 20.6 Å². The Kier molecular flexibility index (Phi) is 5.46. The standard InChI is InChI=1S/C19H18F3N5O2S/c1-11(16(28)23-18-25-24-17(30-18)19(20,21)22)29-14-7-4-6-13(9-14)27-10-12-5-2-3-8-15(12)26-27/h4,6-7,9-11H,2-3,5,8H2,1H3,(H,23,25,28)/t11-/m1/s1. The molecule has 0 saturated heterocycles. The molecule has 4 rings (SSSR count). The molecule has 0 radical (unpaired) electrons. The van der Waals surface area contributed by atoms with Crippen molar-refractivity contribution >= 4 is 22.4 Å². The summed E-state index contributed by atoms with van der Waals surface area (Å²) in [6.07, 6.45) is 0.741. The number of benzene rings is 1. The Morgan fingerprint density at radius 1 is 1.27 bits per heavy atom. The van der Waals surface area contributed by atoms with Gasteiger partial charge in [-0.25, -0.2) is 4.68 Å². The highest BCUT2D eigenvalue weighted by atomic mass is 32.1. The van der Waals surface area contributed by atoms with Crippen LogP contribution in [-0.4, -0.2) is 32.0 Å². The summed E-state index contributed by atoms with van der Waals surface area (Å²) in [6, 6.07) is 7.13. The van der Waals surface area contributed by atoms with E-state index < -0.39 is 23.2 Å². The first-order valence-electron chi connectivity index (χ1n) is 9.35. The van der Waals surface area contributed by atoms with Crippen LogP contribution in [0.5, 0.6) is 5.75 Å². The van der Waals surface area contributed by atoms with Crippen molar-refractivity contribution < 1.29 is 22.7 Å². The molecule has 0 bridgehead atoms. The Hall–Kier alpha value is -2.95. The summed E-state index contributed by atoms with van der Waals surface area (Å²) in [5.74, 6) is -0.184. The third-order valence-electron chi connectivity index (χ3n) is 4.65. The fourth-order valence-corrected chi connectivity index (χ4v) is 3.77. The van der Waals surface area contributed by atoms with Gasteiger partial charge in [0.15, 0.2) is 6.10 Å². The number of amides is 1. The number of carbonyl (C=O) groups is 1. The topological polar surface area (TPSA) is 81.9 Å². The van der Waals surface area contributed by atoms with E-state index in [9.17, 15) is 18.0 Å². The summed E-state index contributed by atoms with van der Waals surface area (Å²) in [6.45, 7) is 1.50. The molecule has 11 heteroatoms. The summed E-state index contributed by atoms with van der Waals surface area (Å²) < 4.78 is 45.3. The van der Waals surface area contributed by atoms with Crippen LogP contribution in [-0.2, 0) is 23.8 Å². The van der Waals surface area contributed by atoms with Gasteiger partial charge < -0.3 is 4.74 Å². The van der Waals surface area contributed by atoms with Gasteiger partial charge in [0.05, 0.1) is 11.4 Å². The highest BCUT2D eigenvalue weighted by molar-refractivity contribution is 7.15. The monoisotopic (exact) mass is 437 g/mol. The van der Waals surface area contributed by atoms with Crippen molar-refractivity contribution in [1.82, 2.24) is 20.0 Å². The van der Waals surface area contributed by atoms with Crippen LogP contribution in [0.2, 0.25) is 0 Å². The second-order valence-corrected chi connectivity index (χ2v) is 7.89. The first kappa shape index (κ1) is 20.3. The van der Waals surface area contributed by atoms with Gasteiger partial charge in [0.25, 0.3) is 5.91 Å². The van der Waals surface area contributed by atoms with E-state index in [0.29, 0.717) is 5.75 Å². The first-order valence-corrected chi connectivity index (χ1v) is 10.2. The number of carbonyl (C=O) groups excluding carboxylic acids is 1. The Bertz CT molecular complexity index is 1040. The zero-order valence-electron chi connectivity index (χ0n) is 15.9. The summed E-state index contributed by atoms with van der Waals surface area (Å²) in [5.41, 5.74) is 3.15. The Balaban J connectivity index is 1.42. The third-order valence-corrected chi connectivity index (χ3v) is 5.53. The van der Waals surface area contributed by atoms with Crippen LogP contribution in [0.15, 0.2) is 30.5 Å². The maximum Gasteiger partial charge on any atom is 0.445 e. The Morgan fingerprint density at radius 3 is 2.80 bits per heavy atom. The minimum atomic E-state index is -4.60. The normalized spacial score (nSPS) is 14.8. The van der Waals surface area contributed by atoms with Gasteiger partial charge in [-0.15, -0.1) is 10.2 Å². The zero-order chi connectivity index (χ0) is 21.3. The van der Waals surface area contributed by atoms with Gasteiger partial charge in [-0.3, -0.25) is 10.1 Å². The lowest BCUT2D eigenvalue weighted by Gasteiger charge is -2.14. The van der Waals surface area contributed by atoms with Crippen LogP contribution in [0.3, 0.4) is 0 Å². The van der Waals surface area contributed by atoms with Crippen LogP contribution >= 0.6 is 11.3 Å². The van der Waals surface area contributed by atoms with Gasteiger partial charge >= 0.3 is 6.18 Å². The number of halogens is 3. The lowest BCUT2D eigenvalue weighted by atomic mass is 9.99. The van der Waals surface area contributed by atoms with E-state index in [1.54, 1.807) is 22.9 Å². The minimum absolute atomic E-state index is 0.237. The molecule has 1 atom stereocenters. The van der Waals surface area contributed by atoms with E-state index in [4.69, 9.17) is 4.74 Å². The lowest BCUT2D eigenvalue weighted by Crippen LogP contribution is -2.30. The second kappa shape index (κ2) is 8.05. The van der Waals surface area contributed by atoms with Gasteiger partial charge in [0, 0.05) is 12.3 Å². The van der Waals surface area contributed by atoms with Crippen LogP contribution in [0.25, 0.3) is 5.69 Å². The van der Waals surface area contributed by atoms with Crippen molar-refractivity contribution in [1.29, 1.82) is 0 Å². The van der Waals surface area contributed by atoms with Crippen molar-refractivity contribution in [2.75, 3.05) is 5.32 Å². The number of rotatable bonds is 5. The summed E-state index contributed by atoms with van der Waals surface area (Å²) in [4.78, 5) is 12.3. The van der Waals surface area contributed by atoms with Gasteiger partial charge in [-0.1, -0.05) is 17.4 Å². The lowest BCUT2D eigenvalue weighted by molar-refractivity contribution is -0.138. The molecule has 0 spiro atoms. The van der Waals surface area contributed by atoms with Crippen molar-refractivity contribution in [3.63, 3.8) is 0 Å². The van der Waals surface area contributed by atoms with Crippen molar-refractivity contribution in [2.24, 2.45) is 0 Å². The maximum absolute atomic E-state index is 12.6.